The Morgan fingerprint density at radius 1 is 1.29 bits per heavy atom. The summed E-state index contributed by atoms with van der Waals surface area (Å²) in [6.45, 7) is 5.48. The van der Waals surface area contributed by atoms with Crippen molar-refractivity contribution in [3.63, 3.8) is 0 Å². The van der Waals surface area contributed by atoms with E-state index in [1.807, 2.05) is 0 Å². The highest BCUT2D eigenvalue weighted by atomic mass is 14.9. The summed E-state index contributed by atoms with van der Waals surface area (Å²) in [6.07, 6.45) is 8.40. The molecule has 92 valence electrons. The molecule has 0 heterocycles. The van der Waals surface area contributed by atoms with Gasteiger partial charge in [-0.3, -0.25) is 0 Å². The lowest BCUT2D eigenvalue weighted by Gasteiger charge is -2.07. The monoisotopic (exact) mass is 229 g/mol. The van der Waals surface area contributed by atoms with Crippen LogP contribution in [0, 0.1) is 0 Å². The van der Waals surface area contributed by atoms with Crippen molar-refractivity contribution in [2.75, 3.05) is 6.54 Å². The van der Waals surface area contributed by atoms with Crippen LogP contribution in [-0.2, 0) is 0 Å². The molecule has 1 unspecified atom stereocenters. The van der Waals surface area contributed by atoms with Crippen LogP contribution in [-0.4, -0.2) is 12.6 Å². The van der Waals surface area contributed by atoms with Crippen LogP contribution >= 0.6 is 0 Å². The molecule has 1 saturated carbocycles. The molecule has 1 aliphatic carbocycles. The summed E-state index contributed by atoms with van der Waals surface area (Å²) in [5.74, 6) is 0.859. The molecule has 1 N–H and O–H groups in total. The van der Waals surface area contributed by atoms with E-state index in [0.29, 0.717) is 6.04 Å². The van der Waals surface area contributed by atoms with Gasteiger partial charge in [0.2, 0.25) is 0 Å². The van der Waals surface area contributed by atoms with Crippen molar-refractivity contribution < 1.29 is 0 Å². The lowest BCUT2D eigenvalue weighted by Crippen LogP contribution is -2.24. The predicted octanol–water partition coefficient (Wildman–Crippen LogP) is 3.97. The maximum atomic E-state index is 3.46. The second-order valence-electron chi connectivity index (χ2n) is 5.04. The van der Waals surface area contributed by atoms with Crippen LogP contribution in [0.5, 0.6) is 0 Å². The molecular weight excluding hydrogens is 206 g/mol. The maximum Gasteiger partial charge on any atom is 0.0224 e. The molecule has 0 spiro atoms. The van der Waals surface area contributed by atoms with E-state index in [4.69, 9.17) is 0 Å². The van der Waals surface area contributed by atoms with Crippen LogP contribution in [0.1, 0.15) is 50.2 Å². The second kappa shape index (κ2) is 6.02. The summed E-state index contributed by atoms with van der Waals surface area (Å²) >= 11 is 0. The smallest absolute Gasteiger partial charge is 0.0224 e. The van der Waals surface area contributed by atoms with Crippen LogP contribution in [0.4, 0.5) is 0 Å². The zero-order valence-electron chi connectivity index (χ0n) is 10.9. The van der Waals surface area contributed by atoms with Gasteiger partial charge in [0.25, 0.3) is 0 Å². The van der Waals surface area contributed by atoms with Gasteiger partial charge in [0.05, 0.1) is 0 Å². The minimum absolute atomic E-state index is 0.457. The Morgan fingerprint density at radius 3 is 2.59 bits per heavy atom. The van der Waals surface area contributed by atoms with E-state index >= 15 is 0 Å². The molecule has 0 amide bonds. The van der Waals surface area contributed by atoms with Gasteiger partial charge < -0.3 is 5.32 Å². The highest BCUT2D eigenvalue weighted by molar-refractivity contribution is 5.50. The zero-order chi connectivity index (χ0) is 12.1. The first kappa shape index (κ1) is 12.4. The van der Waals surface area contributed by atoms with Gasteiger partial charge in [-0.15, -0.1) is 0 Å². The third-order valence-electron chi connectivity index (χ3n) is 3.28. The lowest BCUT2D eigenvalue weighted by atomic mass is 10.1. The molecule has 1 aromatic carbocycles. The average molecular weight is 229 g/mol. The van der Waals surface area contributed by atoms with Crippen molar-refractivity contribution in [3.05, 3.63) is 41.5 Å². The van der Waals surface area contributed by atoms with Crippen molar-refractivity contribution in [3.8, 4) is 0 Å². The molecule has 1 nitrogen and oxygen atoms in total. The van der Waals surface area contributed by atoms with E-state index < -0.39 is 0 Å². The average Bonchev–Trinajstić information content (AvgIpc) is 3.19. The molecule has 1 fully saturated rings. The minimum atomic E-state index is 0.457. The van der Waals surface area contributed by atoms with Gasteiger partial charge in [0, 0.05) is 6.04 Å². The molecule has 0 bridgehead atoms. The van der Waals surface area contributed by atoms with Gasteiger partial charge in [0.15, 0.2) is 0 Å². The zero-order valence-corrected chi connectivity index (χ0v) is 10.9. The van der Waals surface area contributed by atoms with E-state index in [9.17, 15) is 0 Å². The van der Waals surface area contributed by atoms with Gasteiger partial charge in [-0.05, 0) is 49.8 Å². The number of benzene rings is 1. The second-order valence-corrected chi connectivity index (χ2v) is 5.04. The number of hydrogen-bond donors (Lipinski definition) is 1. The van der Waals surface area contributed by atoms with Gasteiger partial charge in [-0.2, -0.15) is 0 Å². The molecule has 0 aromatic heterocycles. The Hall–Kier alpha value is -1.08. The standard InChI is InChI=1S/C16H23N/c1-3-12-17-13(2)4-5-14-6-8-15(9-7-14)16-10-11-16/h4-9,13,16-17H,3,10-12H2,1-2H3/b5-4+. The Bertz CT molecular complexity index is 360. The summed E-state index contributed by atoms with van der Waals surface area (Å²) in [4.78, 5) is 0. The van der Waals surface area contributed by atoms with Crippen LogP contribution < -0.4 is 5.32 Å². The molecule has 0 aliphatic heterocycles. The first-order valence-electron chi connectivity index (χ1n) is 6.81. The molecule has 1 atom stereocenters. The van der Waals surface area contributed by atoms with E-state index in [0.717, 1.165) is 12.5 Å². The van der Waals surface area contributed by atoms with Crippen LogP contribution in [0.15, 0.2) is 30.3 Å². The molecule has 1 heteroatoms. The summed E-state index contributed by atoms with van der Waals surface area (Å²) in [5.41, 5.74) is 2.82. The Kier molecular flexibility index (Phi) is 4.38. The molecular formula is C16H23N. The van der Waals surface area contributed by atoms with Crippen LogP contribution in [0.3, 0.4) is 0 Å². The topological polar surface area (TPSA) is 12.0 Å². The van der Waals surface area contributed by atoms with E-state index in [2.05, 4.69) is 55.6 Å². The molecule has 0 radical (unpaired) electrons. The van der Waals surface area contributed by atoms with E-state index in [1.54, 1.807) is 0 Å². The highest BCUT2D eigenvalue weighted by Crippen LogP contribution is 2.39. The fourth-order valence-electron chi connectivity index (χ4n) is 1.99. The number of hydrogen-bond acceptors (Lipinski definition) is 1. The summed E-state index contributed by atoms with van der Waals surface area (Å²) in [5, 5.41) is 3.46. The SMILES string of the molecule is CCCNC(C)/C=C/c1ccc(C2CC2)cc1. The third-order valence-corrected chi connectivity index (χ3v) is 3.28. The predicted molar refractivity (Wildman–Crippen MR) is 75.2 cm³/mol. The number of rotatable bonds is 6. The fourth-order valence-corrected chi connectivity index (χ4v) is 1.99. The van der Waals surface area contributed by atoms with Crippen molar-refractivity contribution in [2.24, 2.45) is 0 Å². The van der Waals surface area contributed by atoms with Crippen LogP contribution in [0.25, 0.3) is 6.08 Å². The quantitative estimate of drug-likeness (QED) is 0.778. The molecule has 2 rings (SSSR count). The highest BCUT2D eigenvalue weighted by Gasteiger charge is 2.22. The van der Waals surface area contributed by atoms with E-state index in [-0.39, 0.29) is 0 Å². The van der Waals surface area contributed by atoms with Crippen LogP contribution in [0.2, 0.25) is 0 Å². The van der Waals surface area contributed by atoms with Crippen molar-refractivity contribution in [1.29, 1.82) is 0 Å². The molecule has 0 saturated heterocycles. The van der Waals surface area contributed by atoms with Crippen molar-refractivity contribution >= 4 is 6.08 Å². The summed E-state index contributed by atoms with van der Waals surface area (Å²) in [7, 11) is 0. The van der Waals surface area contributed by atoms with Gasteiger partial charge in [-0.1, -0.05) is 43.3 Å². The first-order chi connectivity index (χ1) is 8.29. The Balaban J connectivity index is 1.86. The fraction of sp³-hybridized carbons (Fsp3) is 0.500. The first-order valence-corrected chi connectivity index (χ1v) is 6.81. The Morgan fingerprint density at radius 2 is 2.00 bits per heavy atom. The van der Waals surface area contributed by atoms with Crippen molar-refractivity contribution in [1.82, 2.24) is 5.32 Å². The molecule has 1 aliphatic rings. The van der Waals surface area contributed by atoms with Gasteiger partial charge in [0.1, 0.15) is 0 Å². The summed E-state index contributed by atoms with van der Waals surface area (Å²) in [6, 6.07) is 9.48. The molecule has 1 aromatic rings. The van der Waals surface area contributed by atoms with Gasteiger partial charge in [-0.25, -0.2) is 0 Å². The maximum absolute atomic E-state index is 3.46. The normalized spacial score (nSPS) is 17.5. The van der Waals surface area contributed by atoms with Gasteiger partial charge >= 0.3 is 0 Å². The molecule has 17 heavy (non-hydrogen) atoms. The number of nitrogens with one attached hydrogen (secondary N) is 1. The lowest BCUT2D eigenvalue weighted by molar-refractivity contribution is 0.625. The third kappa shape index (κ3) is 4.01. The van der Waals surface area contributed by atoms with E-state index in [1.165, 1.54) is 30.4 Å². The largest absolute Gasteiger partial charge is 0.311 e. The van der Waals surface area contributed by atoms with Crippen molar-refractivity contribution in [2.45, 2.75) is 45.1 Å². The minimum Gasteiger partial charge on any atom is -0.311 e. The Labute approximate surface area is 105 Å². The summed E-state index contributed by atoms with van der Waals surface area (Å²) < 4.78 is 0.